The van der Waals surface area contributed by atoms with Crippen molar-refractivity contribution in [2.75, 3.05) is 13.2 Å². The molecule has 0 bridgehead atoms. The third kappa shape index (κ3) is 4.14. The smallest absolute Gasteiger partial charge is 0.337 e. The van der Waals surface area contributed by atoms with Crippen LogP contribution in [0.1, 0.15) is 48.5 Å². The number of hydrogen-bond donors (Lipinski definition) is 1. The number of nitrogens with one attached hydrogen (secondary N) is 1. The molecule has 34 heavy (non-hydrogen) atoms. The molecule has 178 valence electrons. The van der Waals surface area contributed by atoms with Crippen molar-refractivity contribution >= 4 is 17.7 Å². The number of fused-ring (bicyclic) bond motifs is 3. The minimum atomic E-state index is -0.590. The van der Waals surface area contributed by atoms with Crippen molar-refractivity contribution in [1.29, 1.82) is 0 Å². The Morgan fingerprint density at radius 2 is 1.76 bits per heavy atom. The van der Waals surface area contributed by atoms with Gasteiger partial charge in [-0.1, -0.05) is 43.2 Å². The van der Waals surface area contributed by atoms with E-state index in [1.165, 1.54) is 5.01 Å². The number of benzene rings is 2. The summed E-state index contributed by atoms with van der Waals surface area (Å²) in [6.45, 7) is 2.76. The Kier molecular flexibility index (Phi) is 6.24. The summed E-state index contributed by atoms with van der Waals surface area (Å²) in [6, 6.07) is 16.3. The third-order valence-electron chi connectivity index (χ3n) is 6.95. The van der Waals surface area contributed by atoms with Gasteiger partial charge < -0.3 is 9.64 Å². The number of hydrazine groups is 1. The van der Waals surface area contributed by atoms with E-state index in [1.807, 2.05) is 37.3 Å². The first-order valence-corrected chi connectivity index (χ1v) is 12.0. The summed E-state index contributed by atoms with van der Waals surface area (Å²) < 4.78 is 5.44. The van der Waals surface area contributed by atoms with Crippen LogP contribution in [0.2, 0.25) is 0 Å². The molecule has 3 aliphatic rings. The molecule has 2 saturated heterocycles. The largest absolute Gasteiger partial charge is 0.494 e. The highest BCUT2D eigenvalue weighted by Gasteiger charge is 2.54. The van der Waals surface area contributed by atoms with Crippen molar-refractivity contribution in [3.05, 3.63) is 65.7 Å². The maximum absolute atomic E-state index is 13.5. The fourth-order valence-electron chi connectivity index (χ4n) is 5.31. The van der Waals surface area contributed by atoms with E-state index in [0.29, 0.717) is 24.5 Å². The molecule has 3 amide bonds. The number of rotatable bonds is 7. The Balaban J connectivity index is 1.37. The monoisotopic (exact) mass is 462 g/mol. The number of amides is 3. The second-order valence-electron chi connectivity index (χ2n) is 9.07. The average molecular weight is 463 g/mol. The molecule has 0 spiro atoms. The molecule has 2 aliphatic heterocycles. The van der Waals surface area contributed by atoms with Crippen LogP contribution < -0.4 is 10.2 Å². The number of carbonyl (C=O) groups is 3. The number of hydrogen-bond acceptors (Lipinski definition) is 5. The van der Waals surface area contributed by atoms with Crippen molar-refractivity contribution in [1.82, 2.24) is 20.2 Å². The Hall–Kier alpha value is -3.39. The minimum Gasteiger partial charge on any atom is -0.494 e. The molecule has 2 heterocycles. The van der Waals surface area contributed by atoms with E-state index in [1.54, 1.807) is 34.1 Å². The van der Waals surface area contributed by atoms with Gasteiger partial charge >= 0.3 is 6.03 Å². The standard InChI is InChI=1S/C26H30N4O4/c1-2-34-20-14-12-19(13-15-20)23(31)17-29-26(33)30-22-11-7-6-10-21(22)24(32)28(25(30)27-29)16-18-8-4-3-5-9-18/h3-5,8-9,12-15,21-22,25,27H,2,6-7,10-11,16-17H2,1H3. The zero-order valence-corrected chi connectivity index (χ0v) is 19.4. The summed E-state index contributed by atoms with van der Waals surface area (Å²) in [6.07, 6.45) is 2.99. The Bertz CT molecular complexity index is 1060. The van der Waals surface area contributed by atoms with Gasteiger partial charge in [0.25, 0.3) is 0 Å². The second kappa shape index (κ2) is 9.46. The van der Waals surface area contributed by atoms with Crippen molar-refractivity contribution in [2.24, 2.45) is 5.92 Å². The molecule has 1 aliphatic carbocycles. The van der Waals surface area contributed by atoms with Crippen LogP contribution in [0.5, 0.6) is 5.75 Å². The molecular formula is C26H30N4O4. The zero-order chi connectivity index (χ0) is 23.7. The highest BCUT2D eigenvalue weighted by atomic mass is 16.5. The summed E-state index contributed by atoms with van der Waals surface area (Å²) in [4.78, 5) is 43.5. The van der Waals surface area contributed by atoms with Gasteiger partial charge in [0.1, 0.15) is 12.3 Å². The first kappa shape index (κ1) is 22.4. The van der Waals surface area contributed by atoms with Crippen LogP contribution in [0, 0.1) is 5.92 Å². The van der Waals surface area contributed by atoms with Gasteiger partial charge in [0.15, 0.2) is 12.1 Å². The lowest BCUT2D eigenvalue weighted by Crippen LogP contribution is -2.65. The molecule has 1 saturated carbocycles. The summed E-state index contributed by atoms with van der Waals surface area (Å²) in [5, 5.41) is 1.37. The van der Waals surface area contributed by atoms with Crippen LogP contribution in [-0.2, 0) is 11.3 Å². The molecule has 3 fully saturated rings. The molecule has 3 atom stereocenters. The van der Waals surface area contributed by atoms with E-state index < -0.39 is 6.29 Å². The van der Waals surface area contributed by atoms with E-state index >= 15 is 0 Å². The Labute approximate surface area is 199 Å². The number of nitrogens with zero attached hydrogens (tertiary/aromatic N) is 3. The fraction of sp³-hybridized carbons (Fsp3) is 0.423. The minimum absolute atomic E-state index is 0.0785. The van der Waals surface area contributed by atoms with E-state index in [9.17, 15) is 14.4 Å². The van der Waals surface area contributed by atoms with Gasteiger partial charge in [0.05, 0.1) is 12.5 Å². The summed E-state index contributed by atoms with van der Waals surface area (Å²) in [5.41, 5.74) is 4.69. The van der Waals surface area contributed by atoms with Gasteiger partial charge in [-0.05, 0) is 49.6 Å². The van der Waals surface area contributed by atoms with E-state index in [0.717, 1.165) is 31.2 Å². The first-order chi connectivity index (χ1) is 16.6. The third-order valence-corrected chi connectivity index (χ3v) is 6.95. The summed E-state index contributed by atoms with van der Waals surface area (Å²) in [7, 11) is 0. The quantitative estimate of drug-likeness (QED) is 0.638. The molecular weight excluding hydrogens is 432 g/mol. The lowest BCUT2D eigenvalue weighted by Gasteiger charge is -2.48. The molecule has 2 aromatic carbocycles. The van der Waals surface area contributed by atoms with E-state index in [2.05, 4.69) is 5.43 Å². The lowest BCUT2D eigenvalue weighted by molar-refractivity contribution is -0.157. The van der Waals surface area contributed by atoms with Crippen LogP contribution in [-0.4, -0.2) is 58.0 Å². The molecule has 5 rings (SSSR count). The predicted molar refractivity (Wildman–Crippen MR) is 126 cm³/mol. The van der Waals surface area contributed by atoms with E-state index in [4.69, 9.17) is 4.74 Å². The SMILES string of the molecule is CCOc1ccc(C(=O)CN2NC3N(Cc4ccccc4)C(=O)C4CCCCC4N3C2=O)cc1. The van der Waals surface area contributed by atoms with Crippen molar-refractivity contribution in [3.8, 4) is 5.75 Å². The van der Waals surface area contributed by atoms with Crippen LogP contribution in [0.25, 0.3) is 0 Å². The molecule has 2 aromatic rings. The maximum Gasteiger partial charge on any atom is 0.337 e. The van der Waals surface area contributed by atoms with Gasteiger partial charge in [0.2, 0.25) is 5.91 Å². The summed E-state index contributed by atoms with van der Waals surface area (Å²) >= 11 is 0. The molecule has 8 nitrogen and oxygen atoms in total. The number of ether oxygens (including phenoxy) is 1. The van der Waals surface area contributed by atoms with Gasteiger partial charge in [-0.25, -0.2) is 9.80 Å². The van der Waals surface area contributed by atoms with Crippen LogP contribution >= 0.6 is 0 Å². The van der Waals surface area contributed by atoms with Crippen LogP contribution in [0.15, 0.2) is 54.6 Å². The van der Waals surface area contributed by atoms with Gasteiger partial charge in [0, 0.05) is 18.2 Å². The molecule has 8 heteroatoms. The topological polar surface area (TPSA) is 82.2 Å². The van der Waals surface area contributed by atoms with Gasteiger partial charge in [-0.15, -0.1) is 0 Å². The number of ketones is 1. The number of Topliss-reactive ketones (excluding diaryl/α,β-unsaturated/α-hetero) is 1. The zero-order valence-electron chi connectivity index (χ0n) is 19.4. The summed E-state index contributed by atoms with van der Waals surface area (Å²) in [5.74, 6) is 0.408. The van der Waals surface area contributed by atoms with Crippen LogP contribution in [0.3, 0.4) is 0 Å². The molecule has 0 aromatic heterocycles. The van der Waals surface area contributed by atoms with Crippen LogP contribution in [0.4, 0.5) is 4.79 Å². The average Bonchev–Trinajstić information content (AvgIpc) is 3.18. The highest BCUT2D eigenvalue weighted by molar-refractivity contribution is 5.99. The highest BCUT2D eigenvalue weighted by Crippen LogP contribution is 2.38. The van der Waals surface area contributed by atoms with Crippen molar-refractivity contribution in [2.45, 2.75) is 51.5 Å². The fourth-order valence-corrected chi connectivity index (χ4v) is 5.31. The van der Waals surface area contributed by atoms with Gasteiger partial charge in [-0.2, -0.15) is 5.43 Å². The van der Waals surface area contributed by atoms with Gasteiger partial charge in [-0.3, -0.25) is 14.5 Å². The Morgan fingerprint density at radius 3 is 2.50 bits per heavy atom. The maximum atomic E-state index is 13.5. The predicted octanol–water partition coefficient (Wildman–Crippen LogP) is 3.40. The van der Waals surface area contributed by atoms with E-state index in [-0.39, 0.29) is 36.2 Å². The molecule has 1 N–H and O–H groups in total. The van der Waals surface area contributed by atoms with Crippen molar-refractivity contribution in [3.63, 3.8) is 0 Å². The normalized spacial score (nSPS) is 24.1. The first-order valence-electron chi connectivity index (χ1n) is 12.0. The molecule has 0 radical (unpaired) electrons. The number of urea groups is 1. The molecule has 3 unspecified atom stereocenters. The van der Waals surface area contributed by atoms with Crippen molar-refractivity contribution < 1.29 is 19.1 Å². The Morgan fingerprint density at radius 1 is 1.03 bits per heavy atom. The second-order valence-corrected chi connectivity index (χ2v) is 9.07. The lowest BCUT2D eigenvalue weighted by atomic mass is 9.81. The number of carbonyl (C=O) groups excluding carboxylic acids is 3.